The molecule has 1 fully saturated rings. The van der Waals surface area contributed by atoms with Crippen molar-refractivity contribution >= 4 is 18.3 Å². The maximum Gasteiger partial charge on any atom is 0.253 e. The molecule has 1 saturated heterocycles. The van der Waals surface area contributed by atoms with Crippen LogP contribution in [-0.2, 0) is 0 Å². The Hall–Kier alpha value is -1.13. The van der Waals surface area contributed by atoms with Crippen LogP contribution in [0.2, 0.25) is 0 Å². The van der Waals surface area contributed by atoms with Crippen molar-refractivity contribution in [2.24, 2.45) is 0 Å². The van der Waals surface area contributed by atoms with Crippen LogP contribution in [0.1, 0.15) is 29.6 Å². The highest BCUT2D eigenvalue weighted by atomic mass is 35.5. The van der Waals surface area contributed by atoms with Crippen molar-refractivity contribution in [2.45, 2.75) is 25.3 Å². The lowest BCUT2D eigenvalue weighted by Gasteiger charge is -2.27. The Morgan fingerprint density at radius 3 is 2.89 bits per heavy atom. The van der Waals surface area contributed by atoms with Crippen molar-refractivity contribution in [3.63, 3.8) is 0 Å². The van der Waals surface area contributed by atoms with Crippen molar-refractivity contribution in [3.8, 4) is 0 Å². The zero-order valence-electron chi connectivity index (χ0n) is 11.1. The molecule has 1 N–H and O–H groups in total. The smallest absolute Gasteiger partial charge is 0.253 e. The summed E-state index contributed by atoms with van der Waals surface area (Å²) in [6.45, 7) is 1.95. The molecule has 106 valence electrons. The summed E-state index contributed by atoms with van der Waals surface area (Å²) in [4.78, 5) is 14.0. The van der Waals surface area contributed by atoms with E-state index >= 15 is 0 Å². The maximum absolute atomic E-state index is 13.1. The molecule has 0 bridgehead atoms. The number of hydrogen-bond donors (Lipinski definition) is 1. The minimum Gasteiger partial charge on any atom is -0.339 e. The van der Waals surface area contributed by atoms with E-state index in [4.69, 9.17) is 0 Å². The summed E-state index contributed by atoms with van der Waals surface area (Å²) in [5, 5.41) is 3.32. The van der Waals surface area contributed by atoms with Gasteiger partial charge in [-0.1, -0.05) is 6.07 Å². The molecule has 1 unspecified atom stereocenters. The SMILES string of the molecule is CN(C(=O)c1cccc(F)c1)C1CCCNCC1.Cl. The van der Waals surface area contributed by atoms with Crippen LogP contribution in [0.5, 0.6) is 0 Å². The Balaban J connectivity index is 0.00000180. The standard InChI is InChI=1S/C14H19FN2O.ClH/c1-17(13-6-3-8-16-9-7-13)14(18)11-4-2-5-12(15)10-11;/h2,4-5,10,13,16H,3,6-9H2,1H3;1H. The molecule has 1 aromatic rings. The molecule has 0 aromatic heterocycles. The normalized spacial score (nSPS) is 19.2. The summed E-state index contributed by atoms with van der Waals surface area (Å²) >= 11 is 0. The highest BCUT2D eigenvalue weighted by molar-refractivity contribution is 5.94. The summed E-state index contributed by atoms with van der Waals surface area (Å²) in [5.41, 5.74) is 0.426. The Kier molecular flexibility index (Phi) is 6.25. The summed E-state index contributed by atoms with van der Waals surface area (Å²) in [7, 11) is 1.81. The lowest BCUT2D eigenvalue weighted by molar-refractivity contribution is 0.0720. The number of nitrogens with one attached hydrogen (secondary N) is 1. The molecule has 0 aliphatic carbocycles. The van der Waals surface area contributed by atoms with Crippen LogP contribution in [0.25, 0.3) is 0 Å². The van der Waals surface area contributed by atoms with E-state index in [1.54, 1.807) is 17.0 Å². The van der Waals surface area contributed by atoms with Gasteiger partial charge in [0.25, 0.3) is 5.91 Å². The summed E-state index contributed by atoms with van der Waals surface area (Å²) < 4.78 is 13.1. The zero-order chi connectivity index (χ0) is 13.0. The first-order chi connectivity index (χ1) is 8.68. The van der Waals surface area contributed by atoms with Gasteiger partial charge in [-0.15, -0.1) is 12.4 Å². The van der Waals surface area contributed by atoms with Gasteiger partial charge in [0.1, 0.15) is 5.82 Å². The van der Waals surface area contributed by atoms with Crippen molar-refractivity contribution in [3.05, 3.63) is 35.6 Å². The second-order valence-electron chi connectivity index (χ2n) is 4.76. The van der Waals surface area contributed by atoms with E-state index in [0.717, 1.165) is 32.4 Å². The minimum absolute atomic E-state index is 0. The van der Waals surface area contributed by atoms with Gasteiger partial charge >= 0.3 is 0 Å². The molecule has 1 atom stereocenters. The lowest BCUT2D eigenvalue weighted by atomic mass is 10.1. The third-order valence-corrected chi connectivity index (χ3v) is 3.48. The van der Waals surface area contributed by atoms with Gasteiger partial charge in [-0.25, -0.2) is 4.39 Å². The van der Waals surface area contributed by atoms with Crippen LogP contribution in [0.3, 0.4) is 0 Å². The van der Waals surface area contributed by atoms with E-state index in [-0.39, 0.29) is 30.2 Å². The Morgan fingerprint density at radius 2 is 2.16 bits per heavy atom. The van der Waals surface area contributed by atoms with E-state index in [1.807, 2.05) is 7.05 Å². The van der Waals surface area contributed by atoms with Gasteiger partial charge in [-0.2, -0.15) is 0 Å². The van der Waals surface area contributed by atoms with Gasteiger partial charge < -0.3 is 10.2 Å². The number of carbonyl (C=O) groups is 1. The topological polar surface area (TPSA) is 32.3 Å². The van der Waals surface area contributed by atoms with Crippen molar-refractivity contribution < 1.29 is 9.18 Å². The third kappa shape index (κ3) is 4.18. The van der Waals surface area contributed by atoms with Gasteiger partial charge in [-0.3, -0.25) is 4.79 Å². The van der Waals surface area contributed by atoms with E-state index in [2.05, 4.69) is 5.32 Å². The van der Waals surface area contributed by atoms with Gasteiger partial charge in [0.15, 0.2) is 0 Å². The number of hydrogen-bond acceptors (Lipinski definition) is 2. The molecule has 2 rings (SSSR count). The molecule has 3 nitrogen and oxygen atoms in total. The van der Waals surface area contributed by atoms with Crippen LogP contribution in [0.15, 0.2) is 24.3 Å². The van der Waals surface area contributed by atoms with E-state index < -0.39 is 0 Å². The number of benzene rings is 1. The lowest BCUT2D eigenvalue weighted by Crippen LogP contribution is -2.37. The summed E-state index contributed by atoms with van der Waals surface area (Å²) in [6, 6.07) is 6.14. The molecule has 0 radical (unpaired) electrons. The highest BCUT2D eigenvalue weighted by Crippen LogP contribution is 2.15. The zero-order valence-corrected chi connectivity index (χ0v) is 11.9. The quantitative estimate of drug-likeness (QED) is 0.906. The molecule has 1 aliphatic rings. The Morgan fingerprint density at radius 1 is 1.37 bits per heavy atom. The predicted molar refractivity (Wildman–Crippen MR) is 76.3 cm³/mol. The molecule has 0 spiro atoms. The van der Waals surface area contributed by atoms with Gasteiger partial charge in [0.05, 0.1) is 0 Å². The molecule has 1 amide bonds. The van der Waals surface area contributed by atoms with Crippen molar-refractivity contribution in [1.29, 1.82) is 0 Å². The van der Waals surface area contributed by atoms with Crippen LogP contribution in [-0.4, -0.2) is 37.0 Å². The fraction of sp³-hybridized carbons (Fsp3) is 0.500. The number of rotatable bonds is 2. The van der Waals surface area contributed by atoms with Crippen LogP contribution < -0.4 is 5.32 Å². The summed E-state index contributed by atoms with van der Waals surface area (Å²) in [6.07, 6.45) is 3.04. The molecular weight excluding hydrogens is 267 g/mol. The predicted octanol–water partition coefficient (Wildman–Crippen LogP) is 2.46. The molecule has 0 saturated carbocycles. The first-order valence-electron chi connectivity index (χ1n) is 6.42. The Labute approximate surface area is 119 Å². The van der Waals surface area contributed by atoms with E-state index in [0.29, 0.717) is 5.56 Å². The second-order valence-corrected chi connectivity index (χ2v) is 4.76. The number of nitrogens with zero attached hydrogens (tertiary/aromatic N) is 1. The monoisotopic (exact) mass is 286 g/mol. The molecule has 5 heteroatoms. The van der Waals surface area contributed by atoms with Crippen LogP contribution >= 0.6 is 12.4 Å². The number of amides is 1. The molecule has 1 aliphatic heterocycles. The second kappa shape index (κ2) is 7.46. The van der Waals surface area contributed by atoms with Crippen molar-refractivity contribution in [1.82, 2.24) is 10.2 Å². The number of carbonyl (C=O) groups excluding carboxylic acids is 1. The number of halogens is 2. The largest absolute Gasteiger partial charge is 0.339 e. The van der Waals surface area contributed by atoms with Gasteiger partial charge in [0, 0.05) is 18.7 Å². The fourth-order valence-electron chi connectivity index (χ4n) is 2.38. The minimum atomic E-state index is -0.364. The fourth-order valence-corrected chi connectivity index (χ4v) is 2.38. The molecular formula is C14H20ClFN2O. The molecule has 1 heterocycles. The van der Waals surface area contributed by atoms with E-state index in [1.165, 1.54) is 12.1 Å². The first kappa shape index (κ1) is 15.9. The maximum atomic E-state index is 13.1. The van der Waals surface area contributed by atoms with Gasteiger partial charge in [-0.05, 0) is 50.6 Å². The molecule has 19 heavy (non-hydrogen) atoms. The van der Waals surface area contributed by atoms with E-state index in [9.17, 15) is 9.18 Å². The molecule has 1 aromatic carbocycles. The Bertz CT molecular complexity index is 420. The van der Waals surface area contributed by atoms with Crippen LogP contribution in [0, 0.1) is 5.82 Å². The third-order valence-electron chi connectivity index (χ3n) is 3.48. The highest BCUT2D eigenvalue weighted by Gasteiger charge is 2.22. The van der Waals surface area contributed by atoms with Crippen molar-refractivity contribution in [2.75, 3.05) is 20.1 Å². The average Bonchev–Trinajstić information content (AvgIpc) is 2.66. The average molecular weight is 287 g/mol. The first-order valence-corrected chi connectivity index (χ1v) is 6.42. The summed E-state index contributed by atoms with van der Waals surface area (Å²) in [5.74, 6) is -0.460. The van der Waals surface area contributed by atoms with Gasteiger partial charge in [0.2, 0.25) is 0 Å². The van der Waals surface area contributed by atoms with Crippen LogP contribution in [0.4, 0.5) is 4.39 Å².